The van der Waals surface area contributed by atoms with Gasteiger partial charge in [-0.1, -0.05) is 54.6 Å². The smallest absolute Gasteiger partial charge is 0.230 e. The number of nitrogens with one attached hydrogen (secondary N) is 1. The van der Waals surface area contributed by atoms with Gasteiger partial charge in [-0.2, -0.15) is 0 Å². The molecule has 170 valence electrons. The molecule has 0 aliphatic rings. The predicted octanol–water partition coefficient (Wildman–Crippen LogP) is 5.08. The minimum absolute atomic E-state index is 0.0464. The molecule has 0 saturated carbocycles. The number of hydrogen-bond acceptors (Lipinski definition) is 5. The molecule has 3 aromatic rings. The average molecular weight is 472 g/mol. The van der Waals surface area contributed by atoms with E-state index in [9.17, 15) is 4.79 Å². The quantitative estimate of drug-likeness (QED) is 0.441. The van der Waals surface area contributed by atoms with Crippen LogP contribution in [0.3, 0.4) is 0 Å². The van der Waals surface area contributed by atoms with Crippen molar-refractivity contribution in [2.75, 3.05) is 19.8 Å². The summed E-state index contributed by atoms with van der Waals surface area (Å²) in [7, 11) is 4.00. The molecule has 0 radical (unpaired) electrons. The van der Waals surface area contributed by atoms with Crippen molar-refractivity contribution in [2.45, 2.75) is 44.4 Å². The van der Waals surface area contributed by atoms with Crippen LogP contribution in [0.2, 0.25) is 5.02 Å². The van der Waals surface area contributed by atoms with Crippen molar-refractivity contribution < 1.29 is 4.79 Å². The Morgan fingerprint density at radius 1 is 1.09 bits per heavy atom. The van der Waals surface area contributed by atoms with Gasteiger partial charge in [-0.15, -0.1) is 10.2 Å². The van der Waals surface area contributed by atoms with Gasteiger partial charge in [0, 0.05) is 10.7 Å². The van der Waals surface area contributed by atoms with Crippen molar-refractivity contribution in [1.82, 2.24) is 25.0 Å². The Morgan fingerprint density at radius 3 is 2.34 bits per heavy atom. The van der Waals surface area contributed by atoms with Crippen LogP contribution in [0.1, 0.15) is 49.8 Å². The van der Waals surface area contributed by atoms with Crippen LogP contribution >= 0.6 is 23.4 Å². The fourth-order valence-corrected chi connectivity index (χ4v) is 4.14. The molecule has 0 bridgehead atoms. The number of aromatic nitrogens is 3. The molecule has 2 atom stereocenters. The molecule has 0 fully saturated rings. The first kappa shape index (κ1) is 24.3. The molecular weight excluding hydrogens is 442 g/mol. The van der Waals surface area contributed by atoms with Gasteiger partial charge in [-0.25, -0.2) is 0 Å². The summed E-state index contributed by atoms with van der Waals surface area (Å²) in [6.07, 6.45) is 1.00. The number of aryl methyl sites for hydroxylation is 1. The zero-order valence-corrected chi connectivity index (χ0v) is 20.7. The standard InChI is InChI=1S/C24H30ClN5OS/c1-6-18-7-9-19(10-8-18)16(2)26-22(31)15-32-24-28-27-23(17(3)29(4)5)30(24)21-13-11-20(25)12-14-21/h7-14,16-17H,6,15H2,1-5H3,(H,26,31). The lowest BCUT2D eigenvalue weighted by Crippen LogP contribution is -2.28. The third-order valence-electron chi connectivity index (χ3n) is 5.49. The van der Waals surface area contributed by atoms with Crippen LogP contribution in [-0.2, 0) is 11.2 Å². The minimum atomic E-state index is -0.0625. The van der Waals surface area contributed by atoms with Gasteiger partial charge in [0.15, 0.2) is 11.0 Å². The largest absolute Gasteiger partial charge is 0.349 e. The minimum Gasteiger partial charge on any atom is -0.349 e. The number of carbonyl (C=O) groups is 1. The lowest BCUT2D eigenvalue weighted by atomic mass is 10.1. The van der Waals surface area contributed by atoms with Gasteiger partial charge in [-0.3, -0.25) is 14.3 Å². The van der Waals surface area contributed by atoms with E-state index in [0.29, 0.717) is 10.2 Å². The number of halogens is 1. The molecule has 1 amide bonds. The van der Waals surface area contributed by atoms with Gasteiger partial charge in [0.1, 0.15) is 0 Å². The number of thioether (sulfide) groups is 1. The molecule has 3 rings (SSSR count). The lowest BCUT2D eigenvalue weighted by molar-refractivity contribution is -0.119. The number of hydrogen-bond donors (Lipinski definition) is 1. The van der Waals surface area contributed by atoms with E-state index in [1.54, 1.807) is 0 Å². The summed E-state index contributed by atoms with van der Waals surface area (Å²) < 4.78 is 1.99. The second-order valence-corrected chi connectivity index (χ2v) is 9.34. The fourth-order valence-electron chi connectivity index (χ4n) is 3.25. The zero-order chi connectivity index (χ0) is 23.3. The normalized spacial score (nSPS) is 13.2. The molecule has 1 N–H and O–H groups in total. The Bertz CT molecular complexity index is 1030. The van der Waals surface area contributed by atoms with E-state index in [1.165, 1.54) is 17.3 Å². The molecule has 1 heterocycles. The van der Waals surface area contributed by atoms with Crippen molar-refractivity contribution >= 4 is 29.3 Å². The molecule has 0 aliphatic heterocycles. The first-order valence-electron chi connectivity index (χ1n) is 10.7. The van der Waals surface area contributed by atoms with Crippen LogP contribution in [0.4, 0.5) is 0 Å². The number of amides is 1. The highest BCUT2D eigenvalue weighted by Gasteiger charge is 2.22. The van der Waals surface area contributed by atoms with Crippen molar-refractivity contribution in [3.8, 4) is 5.69 Å². The Kier molecular flexibility index (Phi) is 8.34. The van der Waals surface area contributed by atoms with Gasteiger partial charge >= 0.3 is 0 Å². The highest BCUT2D eigenvalue weighted by molar-refractivity contribution is 7.99. The summed E-state index contributed by atoms with van der Waals surface area (Å²) in [5.74, 6) is 1.01. The monoisotopic (exact) mass is 471 g/mol. The fraction of sp³-hybridized carbons (Fsp3) is 0.375. The SMILES string of the molecule is CCc1ccc(C(C)NC(=O)CSc2nnc(C(C)N(C)C)n2-c2ccc(Cl)cc2)cc1. The molecule has 0 spiro atoms. The van der Waals surface area contributed by atoms with E-state index in [2.05, 4.69) is 58.5 Å². The summed E-state index contributed by atoms with van der Waals surface area (Å²) >= 11 is 7.45. The van der Waals surface area contributed by atoms with Crippen LogP contribution in [-0.4, -0.2) is 45.4 Å². The van der Waals surface area contributed by atoms with E-state index in [-0.39, 0.29) is 23.7 Å². The summed E-state index contributed by atoms with van der Waals surface area (Å²) in [4.78, 5) is 14.7. The lowest BCUT2D eigenvalue weighted by Gasteiger charge is -2.20. The first-order valence-corrected chi connectivity index (χ1v) is 12.0. The molecule has 0 aliphatic carbocycles. The van der Waals surface area contributed by atoms with Crippen LogP contribution in [0.15, 0.2) is 53.7 Å². The predicted molar refractivity (Wildman–Crippen MR) is 132 cm³/mol. The highest BCUT2D eigenvalue weighted by atomic mass is 35.5. The van der Waals surface area contributed by atoms with Crippen LogP contribution in [0, 0.1) is 0 Å². The maximum Gasteiger partial charge on any atom is 0.230 e. The van der Waals surface area contributed by atoms with E-state index < -0.39 is 0 Å². The second-order valence-electron chi connectivity index (χ2n) is 7.97. The maximum absolute atomic E-state index is 12.6. The van der Waals surface area contributed by atoms with Gasteiger partial charge in [-0.05, 0) is 69.8 Å². The van der Waals surface area contributed by atoms with Crippen molar-refractivity contribution in [3.63, 3.8) is 0 Å². The van der Waals surface area contributed by atoms with Crippen molar-refractivity contribution in [2.24, 2.45) is 0 Å². The molecule has 8 heteroatoms. The molecular formula is C24H30ClN5OS. The first-order chi connectivity index (χ1) is 15.3. The average Bonchev–Trinajstić information content (AvgIpc) is 3.21. The molecule has 32 heavy (non-hydrogen) atoms. The second kappa shape index (κ2) is 11.0. The highest BCUT2D eigenvalue weighted by Crippen LogP contribution is 2.27. The molecule has 2 unspecified atom stereocenters. The Balaban J connectivity index is 1.73. The van der Waals surface area contributed by atoms with Gasteiger partial charge in [0.05, 0.1) is 17.8 Å². The van der Waals surface area contributed by atoms with Gasteiger partial charge in [0.25, 0.3) is 0 Å². The maximum atomic E-state index is 12.6. The Labute approximate surface area is 199 Å². The number of carbonyl (C=O) groups excluding carboxylic acids is 1. The summed E-state index contributed by atoms with van der Waals surface area (Å²) in [5, 5.41) is 13.2. The van der Waals surface area contributed by atoms with Crippen molar-refractivity contribution in [3.05, 3.63) is 70.5 Å². The zero-order valence-electron chi connectivity index (χ0n) is 19.2. The van der Waals surface area contributed by atoms with Crippen LogP contribution in [0.25, 0.3) is 5.69 Å². The summed E-state index contributed by atoms with van der Waals surface area (Å²) in [6.45, 7) is 6.20. The van der Waals surface area contributed by atoms with E-state index >= 15 is 0 Å². The summed E-state index contributed by atoms with van der Waals surface area (Å²) in [5.41, 5.74) is 3.29. The molecule has 2 aromatic carbocycles. The number of rotatable bonds is 9. The Morgan fingerprint density at radius 2 is 1.75 bits per heavy atom. The third kappa shape index (κ3) is 5.91. The van der Waals surface area contributed by atoms with Crippen LogP contribution in [0.5, 0.6) is 0 Å². The molecule has 0 saturated heterocycles. The summed E-state index contributed by atoms with van der Waals surface area (Å²) in [6, 6.07) is 15.9. The number of nitrogens with zero attached hydrogens (tertiary/aromatic N) is 4. The molecule has 1 aromatic heterocycles. The van der Waals surface area contributed by atoms with Crippen molar-refractivity contribution in [1.29, 1.82) is 0 Å². The van der Waals surface area contributed by atoms with Gasteiger partial charge < -0.3 is 5.32 Å². The number of benzene rings is 2. The Hall–Kier alpha value is -2.35. The third-order valence-corrected chi connectivity index (χ3v) is 6.67. The van der Waals surface area contributed by atoms with Crippen LogP contribution < -0.4 is 5.32 Å². The topological polar surface area (TPSA) is 63.1 Å². The van der Waals surface area contributed by atoms with E-state index in [4.69, 9.17) is 11.6 Å². The van der Waals surface area contributed by atoms with E-state index in [0.717, 1.165) is 23.5 Å². The molecule has 6 nitrogen and oxygen atoms in total. The van der Waals surface area contributed by atoms with E-state index in [1.807, 2.05) is 49.9 Å². The van der Waals surface area contributed by atoms with Gasteiger partial charge in [0.2, 0.25) is 5.91 Å².